The topological polar surface area (TPSA) is 22.0 Å². The van der Waals surface area contributed by atoms with E-state index in [-0.39, 0.29) is 11.7 Å². The SMILES string of the molecule is Cc1cc(C(=O)CCl)c(C)n1CC(C1CC1)C1CC1. The van der Waals surface area contributed by atoms with Crippen LogP contribution in [0.5, 0.6) is 0 Å². The Morgan fingerprint density at radius 3 is 2.37 bits per heavy atom. The molecular formula is C16H22ClNO. The predicted octanol–water partition coefficient (Wildman–Crippen LogP) is 3.96. The Bertz CT molecular complexity index is 485. The molecule has 0 amide bonds. The largest absolute Gasteiger partial charge is 0.348 e. The fourth-order valence-electron chi connectivity index (χ4n) is 3.38. The number of hydrogen-bond donors (Lipinski definition) is 0. The summed E-state index contributed by atoms with van der Waals surface area (Å²) < 4.78 is 2.35. The average molecular weight is 280 g/mol. The van der Waals surface area contributed by atoms with Gasteiger partial charge in [-0.15, -0.1) is 11.6 Å². The fourth-order valence-corrected chi connectivity index (χ4v) is 3.52. The van der Waals surface area contributed by atoms with E-state index in [0.29, 0.717) is 0 Å². The van der Waals surface area contributed by atoms with Gasteiger partial charge in [0, 0.05) is 23.5 Å². The zero-order valence-corrected chi connectivity index (χ0v) is 12.5. The van der Waals surface area contributed by atoms with Gasteiger partial charge >= 0.3 is 0 Å². The molecule has 0 aliphatic heterocycles. The van der Waals surface area contributed by atoms with Crippen LogP contribution in [0.3, 0.4) is 0 Å². The maximum atomic E-state index is 11.8. The minimum Gasteiger partial charge on any atom is -0.348 e. The van der Waals surface area contributed by atoms with E-state index in [4.69, 9.17) is 11.6 Å². The monoisotopic (exact) mass is 279 g/mol. The highest BCUT2D eigenvalue weighted by Gasteiger charge is 2.41. The van der Waals surface area contributed by atoms with Crippen LogP contribution < -0.4 is 0 Å². The third kappa shape index (κ3) is 2.60. The van der Waals surface area contributed by atoms with Crippen LogP contribution in [0.4, 0.5) is 0 Å². The van der Waals surface area contributed by atoms with E-state index in [0.717, 1.165) is 35.6 Å². The number of carbonyl (C=O) groups is 1. The standard InChI is InChI=1S/C16H22ClNO/c1-10-7-14(16(19)8-17)11(2)18(10)9-15(12-3-4-12)13-5-6-13/h7,12-13,15H,3-6,8-9H2,1-2H3. The number of carbonyl (C=O) groups excluding carboxylic acids is 1. The first-order valence-corrected chi connectivity index (χ1v) is 7.91. The molecule has 0 radical (unpaired) electrons. The lowest BCUT2D eigenvalue weighted by molar-refractivity contribution is 0.102. The summed E-state index contributed by atoms with van der Waals surface area (Å²) in [6.07, 6.45) is 5.64. The molecule has 0 aromatic carbocycles. The molecule has 2 aliphatic carbocycles. The van der Waals surface area contributed by atoms with Gasteiger partial charge < -0.3 is 4.57 Å². The predicted molar refractivity (Wildman–Crippen MR) is 77.9 cm³/mol. The summed E-state index contributed by atoms with van der Waals surface area (Å²) in [6.45, 7) is 5.26. The highest BCUT2D eigenvalue weighted by Crippen LogP contribution is 2.50. The minimum atomic E-state index is 0.0513. The van der Waals surface area contributed by atoms with Gasteiger partial charge in [0.1, 0.15) is 0 Å². The van der Waals surface area contributed by atoms with Crippen LogP contribution in [0.15, 0.2) is 6.07 Å². The second-order valence-corrected chi connectivity index (χ2v) is 6.56. The molecule has 3 rings (SSSR count). The van der Waals surface area contributed by atoms with Gasteiger partial charge in [-0.25, -0.2) is 0 Å². The summed E-state index contributed by atoms with van der Waals surface area (Å²) in [4.78, 5) is 11.8. The molecule has 2 saturated carbocycles. The van der Waals surface area contributed by atoms with Crippen LogP contribution in [0, 0.1) is 31.6 Å². The summed E-state index contributed by atoms with van der Waals surface area (Å²) in [7, 11) is 0. The Balaban J connectivity index is 1.83. The van der Waals surface area contributed by atoms with Gasteiger partial charge in [-0.05, 0) is 63.4 Å². The van der Waals surface area contributed by atoms with E-state index in [1.807, 2.05) is 6.07 Å². The van der Waals surface area contributed by atoms with Crippen molar-refractivity contribution in [2.24, 2.45) is 17.8 Å². The number of aryl methyl sites for hydroxylation is 1. The first kappa shape index (κ1) is 13.2. The van der Waals surface area contributed by atoms with Crippen molar-refractivity contribution in [3.8, 4) is 0 Å². The van der Waals surface area contributed by atoms with Crippen LogP contribution in [0.1, 0.15) is 47.4 Å². The van der Waals surface area contributed by atoms with E-state index < -0.39 is 0 Å². The normalized spacial score (nSPS) is 19.2. The molecule has 0 saturated heterocycles. The summed E-state index contributed by atoms with van der Waals surface area (Å²) >= 11 is 5.69. The molecule has 0 unspecified atom stereocenters. The Morgan fingerprint density at radius 1 is 1.32 bits per heavy atom. The van der Waals surface area contributed by atoms with Gasteiger partial charge in [0.15, 0.2) is 5.78 Å². The molecule has 2 fully saturated rings. The molecule has 0 bridgehead atoms. The Kier molecular flexibility index (Phi) is 3.46. The zero-order valence-electron chi connectivity index (χ0n) is 11.8. The van der Waals surface area contributed by atoms with Crippen molar-refractivity contribution < 1.29 is 4.79 Å². The van der Waals surface area contributed by atoms with Gasteiger partial charge in [-0.2, -0.15) is 0 Å². The molecule has 1 heterocycles. The van der Waals surface area contributed by atoms with Crippen LogP contribution >= 0.6 is 11.6 Å². The van der Waals surface area contributed by atoms with Gasteiger partial charge in [0.2, 0.25) is 0 Å². The molecule has 2 nitrogen and oxygen atoms in total. The summed E-state index contributed by atoms with van der Waals surface area (Å²) in [5.74, 6) is 2.86. The molecule has 0 atom stereocenters. The zero-order chi connectivity index (χ0) is 13.6. The van der Waals surface area contributed by atoms with Crippen LogP contribution in [0.25, 0.3) is 0 Å². The fraction of sp³-hybridized carbons (Fsp3) is 0.688. The molecule has 1 aromatic rings. The second kappa shape index (κ2) is 4.97. The highest BCUT2D eigenvalue weighted by molar-refractivity contribution is 6.30. The molecule has 3 heteroatoms. The number of ketones is 1. The smallest absolute Gasteiger partial charge is 0.179 e. The van der Waals surface area contributed by atoms with Crippen molar-refractivity contribution >= 4 is 17.4 Å². The number of rotatable bonds is 6. The van der Waals surface area contributed by atoms with Crippen molar-refractivity contribution in [2.75, 3.05) is 5.88 Å². The minimum absolute atomic E-state index is 0.0513. The van der Waals surface area contributed by atoms with E-state index in [2.05, 4.69) is 18.4 Å². The van der Waals surface area contributed by atoms with E-state index >= 15 is 0 Å². The molecule has 0 spiro atoms. The summed E-state index contributed by atoms with van der Waals surface area (Å²) in [6, 6.07) is 2.01. The number of Topliss-reactive ketones (excluding diaryl/α,β-unsaturated/α-hetero) is 1. The van der Waals surface area contributed by atoms with Gasteiger partial charge in [-0.1, -0.05) is 0 Å². The first-order chi connectivity index (χ1) is 9.11. The quantitative estimate of drug-likeness (QED) is 0.571. The second-order valence-electron chi connectivity index (χ2n) is 6.29. The molecule has 104 valence electrons. The van der Waals surface area contributed by atoms with E-state index in [1.165, 1.54) is 31.4 Å². The maximum Gasteiger partial charge on any atom is 0.179 e. The number of nitrogens with zero attached hydrogens (tertiary/aromatic N) is 1. The van der Waals surface area contributed by atoms with E-state index in [1.54, 1.807) is 0 Å². The van der Waals surface area contributed by atoms with E-state index in [9.17, 15) is 4.79 Å². The van der Waals surface area contributed by atoms with Gasteiger partial charge in [-0.3, -0.25) is 4.79 Å². The lowest BCUT2D eigenvalue weighted by atomic mass is 9.97. The van der Waals surface area contributed by atoms with Crippen molar-refractivity contribution in [3.05, 3.63) is 23.0 Å². The lowest BCUT2D eigenvalue weighted by Gasteiger charge is -2.19. The highest BCUT2D eigenvalue weighted by atomic mass is 35.5. The van der Waals surface area contributed by atoms with Crippen LogP contribution in [0.2, 0.25) is 0 Å². The Labute approximate surface area is 120 Å². The molecule has 2 aliphatic rings. The number of alkyl halides is 1. The van der Waals surface area contributed by atoms with Crippen molar-refractivity contribution in [3.63, 3.8) is 0 Å². The van der Waals surface area contributed by atoms with Crippen molar-refractivity contribution in [1.29, 1.82) is 0 Å². The Morgan fingerprint density at radius 2 is 1.89 bits per heavy atom. The first-order valence-electron chi connectivity index (χ1n) is 7.37. The van der Waals surface area contributed by atoms with Gasteiger partial charge in [0.05, 0.1) is 5.88 Å². The van der Waals surface area contributed by atoms with Gasteiger partial charge in [0.25, 0.3) is 0 Å². The third-order valence-corrected chi connectivity index (χ3v) is 5.09. The average Bonchev–Trinajstić information content (AvgIpc) is 3.26. The van der Waals surface area contributed by atoms with Crippen molar-refractivity contribution in [1.82, 2.24) is 4.57 Å². The maximum absolute atomic E-state index is 11.8. The number of aromatic nitrogens is 1. The number of halogens is 1. The lowest BCUT2D eigenvalue weighted by Crippen LogP contribution is -2.17. The Hall–Kier alpha value is -0.760. The summed E-state index contributed by atoms with van der Waals surface area (Å²) in [5.41, 5.74) is 3.13. The molecule has 19 heavy (non-hydrogen) atoms. The molecule has 0 N–H and O–H groups in total. The van der Waals surface area contributed by atoms with Crippen LogP contribution in [-0.4, -0.2) is 16.2 Å². The summed E-state index contributed by atoms with van der Waals surface area (Å²) in [5, 5.41) is 0. The van der Waals surface area contributed by atoms with Crippen LogP contribution in [-0.2, 0) is 6.54 Å². The molecular weight excluding hydrogens is 258 g/mol. The van der Waals surface area contributed by atoms with Crippen molar-refractivity contribution in [2.45, 2.75) is 46.1 Å². The number of hydrogen-bond acceptors (Lipinski definition) is 1. The third-order valence-electron chi connectivity index (χ3n) is 4.84. The molecule has 1 aromatic heterocycles.